The van der Waals surface area contributed by atoms with Crippen molar-refractivity contribution in [3.8, 4) is 17.6 Å². The number of carbonyl (C=O) groups excluding carboxylic acids is 1. The Labute approximate surface area is 112 Å². The maximum Gasteiger partial charge on any atom is 0.259 e. The Balaban J connectivity index is 2.24. The van der Waals surface area contributed by atoms with Crippen molar-refractivity contribution < 1.29 is 14.3 Å². The highest BCUT2D eigenvalue weighted by Gasteiger charge is 2.33. The molecular weight excluding hydrogens is 244 g/mol. The third-order valence-electron chi connectivity index (χ3n) is 3.17. The average molecular weight is 260 g/mol. The van der Waals surface area contributed by atoms with Crippen LogP contribution in [-0.4, -0.2) is 26.2 Å². The van der Waals surface area contributed by atoms with Crippen LogP contribution in [0.1, 0.15) is 23.2 Å². The molecule has 0 spiro atoms. The topological polar surface area (TPSA) is 71.3 Å². The zero-order chi connectivity index (χ0) is 13.8. The van der Waals surface area contributed by atoms with E-state index in [1.54, 1.807) is 18.2 Å². The van der Waals surface area contributed by atoms with Crippen LogP contribution in [-0.2, 0) is 0 Å². The van der Waals surface area contributed by atoms with Crippen LogP contribution in [0.2, 0.25) is 0 Å². The molecule has 1 atom stereocenters. The molecule has 0 heterocycles. The van der Waals surface area contributed by atoms with Gasteiger partial charge in [-0.15, -0.1) is 0 Å². The Morgan fingerprint density at radius 3 is 2.37 bits per heavy atom. The van der Waals surface area contributed by atoms with Gasteiger partial charge in [0.15, 0.2) is 0 Å². The summed E-state index contributed by atoms with van der Waals surface area (Å²) >= 11 is 0. The summed E-state index contributed by atoms with van der Waals surface area (Å²) < 4.78 is 10.4. The number of benzene rings is 1. The standard InChI is InChI=1S/C14H16N2O3/c1-18-11-4-3-5-12(19-2)13(11)14(17)16-10(8-15)9-6-7-9/h3-5,9-10H,6-7H2,1-2H3,(H,16,17). The van der Waals surface area contributed by atoms with Crippen LogP contribution >= 0.6 is 0 Å². The van der Waals surface area contributed by atoms with E-state index < -0.39 is 6.04 Å². The summed E-state index contributed by atoms with van der Waals surface area (Å²) in [4.78, 5) is 12.3. The molecular formula is C14H16N2O3. The van der Waals surface area contributed by atoms with Crippen molar-refractivity contribution in [1.29, 1.82) is 5.26 Å². The first-order valence-electron chi connectivity index (χ1n) is 6.12. The lowest BCUT2D eigenvalue weighted by Gasteiger charge is -2.15. The molecule has 100 valence electrons. The van der Waals surface area contributed by atoms with Crippen LogP contribution in [0, 0.1) is 17.2 Å². The lowest BCUT2D eigenvalue weighted by Crippen LogP contribution is -2.35. The van der Waals surface area contributed by atoms with Crippen molar-refractivity contribution in [2.75, 3.05) is 14.2 Å². The molecule has 1 aliphatic carbocycles. The van der Waals surface area contributed by atoms with Crippen molar-refractivity contribution in [2.24, 2.45) is 5.92 Å². The first-order valence-corrected chi connectivity index (χ1v) is 6.12. The van der Waals surface area contributed by atoms with E-state index in [9.17, 15) is 4.79 Å². The van der Waals surface area contributed by atoms with Crippen molar-refractivity contribution in [3.05, 3.63) is 23.8 Å². The Bertz CT molecular complexity index is 496. The highest BCUT2D eigenvalue weighted by molar-refractivity contribution is 6.00. The fourth-order valence-corrected chi connectivity index (χ4v) is 1.97. The second kappa shape index (κ2) is 5.61. The molecule has 1 aliphatic rings. The molecule has 5 nitrogen and oxygen atoms in total. The summed E-state index contributed by atoms with van der Waals surface area (Å²) in [7, 11) is 2.99. The van der Waals surface area contributed by atoms with Gasteiger partial charge in [-0.3, -0.25) is 4.79 Å². The highest BCUT2D eigenvalue weighted by Crippen LogP contribution is 2.33. The molecule has 0 saturated heterocycles. The van der Waals surface area contributed by atoms with Crippen LogP contribution in [0.15, 0.2) is 18.2 Å². The average Bonchev–Trinajstić information content (AvgIpc) is 3.27. The molecule has 0 aliphatic heterocycles. The van der Waals surface area contributed by atoms with Gasteiger partial charge in [-0.1, -0.05) is 6.07 Å². The predicted molar refractivity (Wildman–Crippen MR) is 69.1 cm³/mol. The van der Waals surface area contributed by atoms with E-state index in [2.05, 4.69) is 11.4 Å². The first kappa shape index (κ1) is 13.2. The third kappa shape index (κ3) is 2.79. The maximum atomic E-state index is 12.3. The number of nitrogens with one attached hydrogen (secondary N) is 1. The Kier molecular flexibility index (Phi) is 3.91. The summed E-state index contributed by atoms with van der Waals surface area (Å²) in [5.41, 5.74) is 0.327. The molecule has 2 rings (SSSR count). The molecule has 19 heavy (non-hydrogen) atoms. The van der Waals surface area contributed by atoms with Crippen LogP contribution in [0.4, 0.5) is 0 Å². The van der Waals surface area contributed by atoms with Crippen molar-refractivity contribution in [2.45, 2.75) is 18.9 Å². The first-order chi connectivity index (χ1) is 9.21. The Hall–Kier alpha value is -2.22. The largest absolute Gasteiger partial charge is 0.496 e. The van der Waals surface area contributed by atoms with E-state index in [0.29, 0.717) is 17.1 Å². The molecule has 1 N–H and O–H groups in total. The van der Waals surface area contributed by atoms with E-state index in [1.807, 2.05) is 0 Å². The van der Waals surface area contributed by atoms with Gasteiger partial charge < -0.3 is 14.8 Å². The second-order valence-electron chi connectivity index (χ2n) is 4.46. The van der Waals surface area contributed by atoms with E-state index in [-0.39, 0.29) is 11.8 Å². The molecule has 0 bridgehead atoms. The number of ether oxygens (including phenoxy) is 2. The van der Waals surface area contributed by atoms with E-state index in [1.165, 1.54) is 14.2 Å². The van der Waals surface area contributed by atoms with Crippen molar-refractivity contribution in [1.82, 2.24) is 5.32 Å². The summed E-state index contributed by atoms with van der Waals surface area (Å²) in [6.45, 7) is 0. The number of hydrogen-bond acceptors (Lipinski definition) is 4. The monoisotopic (exact) mass is 260 g/mol. The minimum atomic E-state index is -0.442. The second-order valence-corrected chi connectivity index (χ2v) is 4.46. The number of carbonyl (C=O) groups is 1. The van der Waals surface area contributed by atoms with Gasteiger partial charge in [0, 0.05) is 0 Å². The minimum absolute atomic E-state index is 0.273. The molecule has 1 aromatic carbocycles. The predicted octanol–water partition coefficient (Wildman–Crippen LogP) is 1.74. The molecule has 0 aromatic heterocycles. The number of nitrogens with zero attached hydrogens (tertiary/aromatic N) is 1. The Morgan fingerprint density at radius 1 is 1.37 bits per heavy atom. The van der Waals surface area contributed by atoms with Gasteiger partial charge in [0.25, 0.3) is 5.91 Å². The Morgan fingerprint density at radius 2 is 1.95 bits per heavy atom. The van der Waals surface area contributed by atoms with E-state index in [4.69, 9.17) is 14.7 Å². The number of methoxy groups -OCH3 is 2. The summed E-state index contributed by atoms with van der Waals surface area (Å²) in [5.74, 6) is 0.802. The minimum Gasteiger partial charge on any atom is -0.496 e. The van der Waals surface area contributed by atoms with E-state index >= 15 is 0 Å². The quantitative estimate of drug-likeness (QED) is 0.875. The van der Waals surface area contributed by atoms with Gasteiger partial charge >= 0.3 is 0 Å². The molecule has 1 aromatic rings. The number of amides is 1. The van der Waals surface area contributed by atoms with Gasteiger partial charge in [-0.25, -0.2) is 0 Å². The fraction of sp³-hybridized carbons (Fsp3) is 0.429. The van der Waals surface area contributed by atoms with Crippen LogP contribution in [0.3, 0.4) is 0 Å². The van der Waals surface area contributed by atoms with Crippen molar-refractivity contribution >= 4 is 5.91 Å². The normalized spacial score (nSPS) is 15.2. The zero-order valence-corrected chi connectivity index (χ0v) is 11.0. The molecule has 5 heteroatoms. The lowest BCUT2D eigenvalue weighted by atomic mass is 10.1. The smallest absolute Gasteiger partial charge is 0.259 e. The number of rotatable bonds is 5. The summed E-state index contributed by atoms with van der Waals surface area (Å²) in [5, 5.41) is 11.8. The molecule has 0 radical (unpaired) electrons. The van der Waals surface area contributed by atoms with Gasteiger partial charge in [0.05, 0.1) is 20.3 Å². The van der Waals surface area contributed by atoms with Gasteiger partial charge in [-0.05, 0) is 30.9 Å². The lowest BCUT2D eigenvalue weighted by molar-refractivity contribution is 0.0935. The summed E-state index contributed by atoms with van der Waals surface area (Å²) in [6, 6.07) is 6.81. The number of nitriles is 1. The maximum absolute atomic E-state index is 12.3. The van der Waals surface area contributed by atoms with Crippen molar-refractivity contribution in [3.63, 3.8) is 0 Å². The van der Waals surface area contributed by atoms with Gasteiger partial charge in [0.2, 0.25) is 0 Å². The number of hydrogen-bond donors (Lipinski definition) is 1. The SMILES string of the molecule is COc1cccc(OC)c1C(=O)NC(C#N)C1CC1. The van der Waals surface area contributed by atoms with E-state index in [0.717, 1.165) is 12.8 Å². The van der Waals surface area contributed by atoms with Crippen LogP contribution < -0.4 is 14.8 Å². The third-order valence-corrected chi connectivity index (χ3v) is 3.17. The van der Waals surface area contributed by atoms with Gasteiger partial charge in [-0.2, -0.15) is 5.26 Å². The van der Waals surface area contributed by atoms with Gasteiger partial charge in [0.1, 0.15) is 23.1 Å². The zero-order valence-electron chi connectivity index (χ0n) is 11.0. The molecule has 1 fully saturated rings. The molecule has 1 saturated carbocycles. The highest BCUT2D eigenvalue weighted by atomic mass is 16.5. The molecule has 1 amide bonds. The summed E-state index contributed by atoms with van der Waals surface area (Å²) in [6.07, 6.45) is 1.98. The molecule has 1 unspecified atom stereocenters. The fourth-order valence-electron chi connectivity index (χ4n) is 1.97. The van der Waals surface area contributed by atoms with Crippen LogP contribution in [0.5, 0.6) is 11.5 Å². The van der Waals surface area contributed by atoms with Crippen LogP contribution in [0.25, 0.3) is 0 Å².